The van der Waals surface area contributed by atoms with E-state index in [1.807, 2.05) is 0 Å². The largest absolute Gasteiger partial charge is 0.315 e. The molecule has 12 heavy (non-hydrogen) atoms. The molecule has 0 unspecified atom stereocenters. The summed E-state index contributed by atoms with van der Waals surface area (Å²) < 4.78 is 0. The quantitative estimate of drug-likeness (QED) is 0.630. The van der Waals surface area contributed by atoms with Gasteiger partial charge in [-0.3, -0.25) is 4.90 Å². The maximum absolute atomic E-state index is 3.44. The minimum Gasteiger partial charge on any atom is -0.315 e. The van der Waals surface area contributed by atoms with Crippen LogP contribution in [0, 0.1) is 5.92 Å². The van der Waals surface area contributed by atoms with E-state index in [1.165, 1.54) is 45.4 Å². The van der Waals surface area contributed by atoms with Crippen molar-refractivity contribution in [3.63, 3.8) is 0 Å². The van der Waals surface area contributed by atoms with E-state index in [2.05, 4.69) is 17.1 Å². The van der Waals surface area contributed by atoms with Crippen LogP contribution in [-0.4, -0.2) is 37.1 Å². The lowest BCUT2D eigenvalue weighted by molar-refractivity contribution is 0.138. The van der Waals surface area contributed by atoms with Crippen molar-refractivity contribution in [2.75, 3.05) is 26.2 Å². The van der Waals surface area contributed by atoms with E-state index in [-0.39, 0.29) is 0 Å². The average molecular weight is 168 g/mol. The van der Waals surface area contributed by atoms with Gasteiger partial charge in [0.1, 0.15) is 0 Å². The van der Waals surface area contributed by atoms with Gasteiger partial charge in [-0.1, -0.05) is 6.92 Å². The van der Waals surface area contributed by atoms with Gasteiger partial charge in [-0.25, -0.2) is 0 Å². The van der Waals surface area contributed by atoms with Crippen molar-refractivity contribution in [2.45, 2.75) is 32.2 Å². The molecule has 0 aromatic heterocycles. The van der Waals surface area contributed by atoms with Crippen LogP contribution < -0.4 is 5.32 Å². The second-order valence-electron chi connectivity index (χ2n) is 4.39. The number of nitrogens with zero attached hydrogens (tertiary/aromatic N) is 1. The molecule has 1 N–H and O–H groups in total. The van der Waals surface area contributed by atoms with Crippen LogP contribution in [0.2, 0.25) is 0 Å². The lowest BCUT2D eigenvalue weighted by Gasteiger charge is -2.35. The fourth-order valence-electron chi connectivity index (χ4n) is 2.51. The molecule has 2 heterocycles. The standard InChI is InChI=1S/C10H20N2/c1-9-3-2-6-12(8-9)10-4-5-11-7-10/h9-11H,2-8H2,1H3/t9-,10+/m0/s1. The number of nitrogens with one attached hydrogen (secondary N) is 1. The van der Waals surface area contributed by atoms with Crippen LogP contribution in [0.25, 0.3) is 0 Å². The Morgan fingerprint density at radius 3 is 2.92 bits per heavy atom. The Morgan fingerprint density at radius 1 is 1.33 bits per heavy atom. The van der Waals surface area contributed by atoms with E-state index in [0.29, 0.717) is 0 Å². The molecule has 2 heteroatoms. The third-order valence-electron chi connectivity index (χ3n) is 3.24. The van der Waals surface area contributed by atoms with Gasteiger partial charge in [0, 0.05) is 19.1 Å². The predicted octanol–water partition coefficient (Wildman–Crippen LogP) is 1.08. The number of hydrogen-bond acceptors (Lipinski definition) is 2. The Hall–Kier alpha value is -0.0800. The van der Waals surface area contributed by atoms with Crippen LogP contribution in [0.5, 0.6) is 0 Å². The maximum atomic E-state index is 3.44. The van der Waals surface area contributed by atoms with Crippen molar-refractivity contribution in [3.8, 4) is 0 Å². The van der Waals surface area contributed by atoms with Crippen molar-refractivity contribution in [2.24, 2.45) is 5.92 Å². The second-order valence-corrected chi connectivity index (χ2v) is 4.39. The van der Waals surface area contributed by atoms with Gasteiger partial charge in [-0.15, -0.1) is 0 Å². The van der Waals surface area contributed by atoms with Gasteiger partial charge < -0.3 is 5.32 Å². The zero-order valence-corrected chi connectivity index (χ0v) is 8.05. The van der Waals surface area contributed by atoms with Crippen molar-refractivity contribution < 1.29 is 0 Å². The molecule has 2 aliphatic rings. The molecular formula is C10H20N2. The Balaban J connectivity index is 1.85. The van der Waals surface area contributed by atoms with Crippen molar-refractivity contribution >= 4 is 0 Å². The molecule has 0 aliphatic carbocycles. The first-order valence-electron chi connectivity index (χ1n) is 5.31. The summed E-state index contributed by atoms with van der Waals surface area (Å²) in [5.41, 5.74) is 0. The third-order valence-corrected chi connectivity index (χ3v) is 3.24. The maximum Gasteiger partial charge on any atom is 0.0232 e. The Bertz CT molecular complexity index is 141. The molecule has 70 valence electrons. The molecule has 2 fully saturated rings. The molecule has 0 bridgehead atoms. The number of hydrogen-bond donors (Lipinski definition) is 1. The molecule has 0 spiro atoms. The average Bonchev–Trinajstić information content (AvgIpc) is 2.56. The highest BCUT2D eigenvalue weighted by molar-refractivity contribution is 4.83. The Morgan fingerprint density at radius 2 is 2.25 bits per heavy atom. The van der Waals surface area contributed by atoms with E-state index >= 15 is 0 Å². The number of piperidine rings is 1. The molecule has 2 saturated heterocycles. The van der Waals surface area contributed by atoms with Crippen molar-refractivity contribution in [1.82, 2.24) is 10.2 Å². The molecule has 2 rings (SSSR count). The minimum atomic E-state index is 0.854. The molecule has 0 aromatic carbocycles. The van der Waals surface area contributed by atoms with E-state index in [9.17, 15) is 0 Å². The van der Waals surface area contributed by atoms with Gasteiger partial charge in [-0.05, 0) is 38.3 Å². The van der Waals surface area contributed by atoms with Gasteiger partial charge in [-0.2, -0.15) is 0 Å². The van der Waals surface area contributed by atoms with Gasteiger partial charge in [0.15, 0.2) is 0 Å². The van der Waals surface area contributed by atoms with Crippen LogP contribution in [-0.2, 0) is 0 Å². The van der Waals surface area contributed by atoms with Gasteiger partial charge >= 0.3 is 0 Å². The molecule has 0 saturated carbocycles. The van der Waals surface area contributed by atoms with Crippen LogP contribution in [0.3, 0.4) is 0 Å². The minimum absolute atomic E-state index is 0.854. The summed E-state index contributed by atoms with van der Waals surface area (Å²) in [5.74, 6) is 0.930. The summed E-state index contributed by atoms with van der Waals surface area (Å²) in [4.78, 5) is 2.69. The van der Waals surface area contributed by atoms with E-state index in [0.717, 1.165) is 12.0 Å². The zero-order valence-electron chi connectivity index (χ0n) is 8.05. The summed E-state index contributed by atoms with van der Waals surface area (Å²) in [6.45, 7) is 7.53. The molecule has 0 aromatic rings. The topological polar surface area (TPSA) is 15.3 Å². The highest BCUT2D eigenvalue weighted by Crippen LogP contribution is 2.19. The van der Waals surface area contributed by atoms with Crippen LogP contribution in [0.15, 0.2) is 0 Å². The summed E-state index contributed by atoms with van der Waals surface area (Å²) >= 11 is 0. The molecule has 2 atom stereocenters. The summed E-state index contributed by atoms with van der Waals surface area (Å²) in [7, 11) is 0. The van der Waals surface area contributed by atoms with Crippen molar-refractivity contribution in [3.05, 3.63) is 0 Å². The van der Waals surface area contributed by atoms with Crippen LogP contribution in [0.1, 0.15) is 26.2 Å². The molecular weight excluding hydrogens is 148 g/mol. The lowest BCUT2D eigenvalue weighted by atomic mass is 9.98. The Kier molecular flexibility index (Phi) is 2.66. The van der Waals surface area contributed by atoms with E-state index in [1.54, 1.807) is 0 Å². The third kappa shape index (κ3) is 1.80. The summed E-state index contributed by atoms with van der Waals surface area (Å²) in [6, 6.07) is 0.854. The van der Waals surface area contributed by atoms with Crippen LogP contribution in [0.4, 0.5) is 0 Å². The lowest BCUT2D eigenvalue weighted by Crippen LogP contribution is -2.43. The first-order chi connectivity index (χ1) is 5.86. The van der Waals surface area contributed by atoms with E-state index < -0.39 is 0 Å². The van der Waals surface area contributed by atoms with Crippen LogP contribution >= 0.6 is 0 Å². The Labute approximate surface area is 75.3 Å². The molecule has 2 nitrogen and oxygen atoms in total. The number of likely N-dealkylation sites (tertiary alicyclic amines) is 1. The van der Waals surface area contributed by atoms with E-state index in [4.69, 9.17) is 0 Å². The SMILES string of the molecule is C[C@H]1CCCN([C@@H]2CCNC2)C1. The van der Waals surface area contributed by atoms with Gasteiger partial charge in [0.05, 0.1) is 0 Å². The molecule has 2 aliphatic heterocycles. The smallest absolute Gasteiger partial charge is 0.0232 e. The second kappa shape index (κ2) is 3.75. The predicted molar refractivity (Wildman–Crippen MR) is 51.2 cm³/mol. The summed E-state index contributed by atoms with van der Waals surface area (Å²) in [5, 5.41) is 3.44. The summed E-state index contributed by atoms with van der Waals surface area (Å²) in [6.07, 6.45) is 4.22. The van der Waals surface area contributed by atoms with Gasteiger partial charge in [0.2, 0.25) is 0 Å². The normalized spacial score (nSPS) is 38.8. The first-order valence-corrected chi connectivity index (χ1v) is 5.31. The van der Waals surface area contributed by atoms with Crippen molar-refractivity contribution in [1.29, 1.82) is 0 Å². The van der Waals surface area contributed by atoms with Gasteiger partial charge in [0.25, 0.3) is 0 Å². The first kappa shape index (κ1) is 8.52. The highest BCUT2D eigenvalue weighted by Gasteiger charge is 2.25. The molecule has 0 amide bonds. The zero-order chi connectivity index (χ0) is 8.39. The number of rotatable bonds is 1. The monoisotopic (exact) mass is 168 g/mol. The highest BCUT2D eigenvalue weighted by atomic mass is 15.2. The fourth-order valence-corrected chi connectivity index (χ4v) is 2.51. The fraction of sp³-hybridized carbons (Fsp3) is 1.00. The molecule has 0 radical (unpaired) electrons.